The third-order valence-corrected chi connectivity index (χ3v) is 12.0. The number of nitrogens with one attached hydrogen (secondary N) is 1. The van der Waals surface area contributed by atoms with Crippen LogP contribution in [-0.4, -0.2) is 45.8 Å². The van der Waals surface area contributed by atoms with Crippen molar-refractivity contribution in [2.24, 2.45) is 0 Å². The molecule has 0 amide bonds. The summed E-state index contributed by atoms with van der Waals surface area (Å²) in [4.78, 5) is 0. The van der Waals surface area contributed by atoms with E-state index in [1.807, 2.05) is 0 Å². The summed E-state index contributed by atoms with van der Waals surface area (Å²) in [5.74, 6) is 0. The molecule has 0 aliphatic carbocycles. The molecule has 1 aliphatic heterocycles. The van der Waals surface area contributed by atoms with Gasteiger partial charge >= 0.3 is 0 Å². The molecule has 33 heavy (non-hydrogen) atoms. The molecule has 2 nitrogen and oxygen atoms in total. The van der Waals surface area contributed by atoms with E-state index in [1.54, 1.807) is 0 Å². The summed E-state index contributed by atoms with van der Waals surface area (Å²) in [6.07, 6.45) is 2.52. The highest BCUT2D eigenvalue weighted by Gasteiger charge is 2.40. The van der Waals surface area contributed by atoms with Crippen LogP contribution in [0.5, 0.6) is 0 Å². The van der Waals surface area contributed by atoms with E-state index in [2.05, 4.69) is 132 Å². The molecule has 2 aromatic carbocycles. The molecule has 0 saturated heterocycles. The highest BCUT2D eigenvalue weighted by molar-refractivity contribution is 7.57. The quantitative estimate of drug-likeness (QED) is 0.359. The Morgan fingerprint density at radius 1 is 0.727 bits per heavy atom. The molecule has 0 fully saturated rings. The molecule has 0 bridgehead atoms. The molecule has 4 heteroatoms. The topological polar surface area (TPSA) is 15.0 Å². The van der Waals surface area contributed by atoms with Gasteiger partial charge in [-0.2, -0.15) is 0 Å². The van der Waals surface area contributed by atoms with Gasteiger partial charge in [-0.15, -0.1) is 0 Å². The molecule has 0 aromatic heterocycles. The van der Waals surface area contributed by atoms with Gasteiger partial charge < -0.3 is 0 Å². The first-order valence-corrected chi connectivity index (χ1v) is 15.4. The van der Waals surface area contributed by atoms with E-state index in [9.17, 15) is 0 Å². The Morgan fingerprint density at radius 2 is 1.18 bits per heavy atom. The molecular formula is C29H43N2P2+. The van der Waals surface area contributed by atoms with Gasteiger partial charge in [0.1, 0.15) is 6.04 Å². The minimum Gasteiger partial charge on any atom is -0.282 e. The van der Waals surface area contributed by atoms with Crippen LogP contribution >= 0.6 is 16.1 Å². The van der Waals surface area contributed by atoms with Crippen LogP contribution in [0.25, 0.3) is 5.57 Å². The number of hydrogen-bond donors (Lipinski definition) is 1. The second-order valence-corrected chi connectivity index (χ2v) is 16.6. The monoisotopic (exact) mass is 481 g/mol. The Kier molecular flexibility index (Phi) is 9.46. The highest BCUT2D eigenvalue weighted by atomic mass is 31.1. The minimum atomic E-state index is -0.271. The third kappa shape index (κ3) is 6.42. The number of nitrogens with zero attached hydrogens (tertiary/aromatic N) is 1. The standard InChI is InChI=1S/C29H43N2P2/c1-21(2)32(22(3)4)30-28-20-31(33(23(5)6)24(7)8)19-27(28)29(25-15-11-9-12-16-25)26-17-13-10-14-18-26/h9-19,21-24,28,30H,20H2,1-8H3/q+1/t28-/m0/s1. The lowest BCUT2D eigenvalue weighted by Crippen LogP contribution is -2.34. The number of hydrogen-bond acceptors (Lipinski definition) is 1. The summed E-state index contributed by atoms with van der Waals surface area (Å²) < 4.78 is 2.71. The zero-order chi connectivity index (χ0) is 24.1. The Morgan fingerprint density at radius 3 is 1.58 bits per heavy atom. The maximum Gasteiger partial charge on any atom is 0.184 e. The van der Waals surface area contributed by atoms with Crippen LogP contribution in [0, 0.1) is 0 Å². The molecule has 1 atom stereocenters. The molecule has 1 aliphatic rings. The molecule has 0 unspecified atom stereocenters. The van der Waals surface area contributed by atoms with Gasteiger partial charge in [0.25, 0.3) is 0 Å². The lowest BCUT2D eigenvalue weighted by Gasteiger charge is -2.30. The lowest BCUT2D eigenvalue weighted by atomic mass is 9.91. The molecule has 178 valence electrons. The first-order valence-electron chi connectivity index (χ1n) is 12.5. The van der Waals surface area contributed by atoms with Gasteiger partial charge in [0.2, 0.25) is 0 Å². The van der Waals surface area contributed by atoms with Crippen LogP contribution < -0.4 is 5.09 Å². The van der Waals surface area contributed by atoms with E-state index in [-0.39, 0.29) is 16.1 Å². The van der Waals surface area contributed by atoms with Gasteiger partial charge in [0.05, 0.1) is 0 Å². The fourth-order valence-electron chi connectivity index (χ4n) is 5.07. The van der Waals surface area contributed by atoms with Crippen molar-refractivity contribution in [2.45, 2.75) is 84.1 Å². The fraction of sp³-hybridized carbons (Fsp3) is 0.483. The van der Waals surface area contributed by atoms with Gasteiger partial charge in [-0.1, -0.05) is 116 Å². The van der Waals surface area contributed by atoms with Crippen LogP contribution in [0.3, 0.4) is 0 Å². The largest absolute Gasteiger partial charge is 0.282 e. The van der Waals surface area contributed by atoms with Crippen LogP contribution in [-0.2, 0) is 0 Å². The zero-order valence-electron chi connectivity index (χ0n) is 21.8. The minimum absolute atomic E-state index is 0.240. The summed E-state index contributed by atoms with van der Waals surface area (Å²) in [6, 6.07) is 22.3. The summed E-state index contributed by atoms with van der Waals surface area (Å²) in [6.45, 7) is 20.2. The van der Waals surface area contributed by atoms with Crippen LogP contribution in [0.15, 0.2) is 66.2 Å². The maximum absolute atomic E-state index is 4.19. The van der Waals surface area contributed by atoms with Gasteiger partial charge in [-0.25, -0.2) is 4.35 Å². The van der Waals surface area contributed by atoms with Gasteiger partial charge in [-0.05, 0) is 36.1 Å². The van der Waals surface area contributed by atoms with E-state index in [0.29, 0.717) is 28.7 Å². The summed E-state index contributed by atoms with van der Waals surface area (Å²) in [5, 5.41) is 4.19. The van der Waals surface area contributed by atoms with E-state index in [4.69, 9.17) is 0 Å². The smallest absolute Gasteiger partial charge is 0.184 e. The average Bonchev–Trinajstić information content (AvgIpc) is 3.15. The van der Waals surface area contributed by atoms with Crippen molar-refractivity contribution < 1.29 is 4.35 Å². The number of benzene rings is 2. The van der Waals surface area contributed by atoms with Crippen molar-refractivity contribution in [1.82, 2.24) is 5.09 Å². The van der Waals surface area contributed by atoms with Crippen molar-refractivity contribution in [3.63, 3.8) is 0 Å². The first kappa shape index (κ1) is 26.3. The molecule has 1 N–H and O–H groups in total. The highest BCUT2D eigenvalue weighted by Crippen LogP contribution is 2.50. The van der Waals surface area contributed by atoms with Crippen LogP contribution in [0.4, 0.5) is 0 Å². The molecule has 0 spiro atoms. The molecule has 1 heterocycles. The molecule has 3 rings (SSSR count). The van der Waals surface area contributed by atoms with Crippen LogP contribution in [0.2, 0.25) is 0 Å². The van der Waals surface area contributed by atoms with E-state index >= 15 is 0 Å². The molecule has 2 aromatic rings. The van der Waals surface area contributed by atoms with Crippen molar-refractivity contribution >= 4 is 27.9 Å². The predicted octanol–water partition coefficient (Wildman–Crippen LogP) is 7.97. The second-order valence-electron chi connectivity index (χ2n) is 10.2. The van der Waals surface area contributed by atoms with Crippen molar-refractivity contribution in [2.75, 3.05) is 6.54 Å². The van der Waals surface area contributed by atoms with Crippen molar-refractivity contribution in [1.29, 1.82) is 0 Å². The third-order valence-electron chi connectivity index (χ3n) is 6.22. The van der Waals surface area contributed by atoms with Crippen molar-refractivity contribution in [3.8, 4) is 0 Å². The Labute approximate surface area is 205 Å². The first-order chi connectivity index (χ1) is 15.7. The maximum atomic E-state index is 4.19. The van der Waals surface area contributed by atoms with E-state index < -0.39 is 0 Å². The number of rotatable bonds is 9. The summed E-state index contributed by atoms with van der Waals surface area (Å²) in [7, 11) is -0.512. The Bertz CT molecular complexity index is 889. The molecular weight excluding hydrogens is 438 g/mol. The van der Waals surface area contributed by atoms with Crippen LogP contribution in [0.1, 0.15) is 66.5 Å². The van der Waals surface area contributed by atoms with Gasteiger partial charge in [0, 0.05) is 16.9 Å². The van der Waals surface area contributed by atoms with Gasteiger partial charge in [0.15, 0.2) is 20.8 Å². The average molecular weight is 482 g/mol. The Hall–Kier alpha value is -1.33. The van der Waals surface area contributed by atoms with Gasteiger partial charge in [-0.3, -0.25) is 5.09 Å². The zero-order valence-corrected chi connectivity index (χ0v) is 23.6. The Balaban J connectivity index is 2.21. The summed E-state index contributed by atoms with van der Waals surface area (Å²) in [5.41, 5.74) is 8.10. The second kappa shape index (κ2) is 11.9. The molecule has 0 radical (unpaired) electrons. The van der Waals surface area contributed by atoms with E-state index in [1.165, 1.54) is 22.3 Å². The summed E-state index contributed by atoms with van der Waals surface area (Å²) >= 11 is 0. The van der Waals surface area contributed by atoms with E-state index in [0.717, 1.165) is 6.54 Å². The van der Waals surface area contributed by atoms with Crippen molar-refractivity contribution in [3.05, 3.63) is 77.4 Å². The molecule has 0 saturated carbocycles. The lowest BCUT2D eigenvalue weighted by molar-refractivity contribution is -0.354. The predicted molar refractivity (Wildman–Crippen MR) is 151 cm³/mol. The normalized spacial score (nSPS) is 16.7. The SMILES string of the molecule is CC(C)P(N[C@H]1C[N+](P(C(C)C)C(C)C)=CC1=C(c1ccccc1)c1ccccc1)C(C)C. The fourth-order valence-corrected chi connectivity index (χ4v) is 10.4.